The second kappa shape index (κ2) is 3.63. The molecule has 1 aliphatic rings. The van der Waals surface area contributed by atoms with E-state index in [0.717, 1.165) is 35.8 Å². The molecule has 2 rings (SSSR count). The van der Waals surface area contributed by atoms with Crippen molar-refractivity contribution in [3.8, 4) is 0 Å². The average molecular weight is 193 g/mol. The summed E-state index contributed by atoms with van der Waals surface area (Å²) in [7, 11) is 0. The summed E-state index contributed by atoms with van der Waals surface area (Å²) >= 11 is 0. The molecular formula is C10H15N3O. The average Bonchev–Trinajstić information content (AvgIpc) is 2.16. The van der Waals surface area contributed by atoms with Gasteiger partial charge in [-0.3, -0.25) is 0 Å². The molecule has 0 saturated heterocycles. The van der Waals surface area contributed by atoms with Gasteiger partial charge in [-0.2, -0.15) is 0 Å². The first-order chi connectivity index (χ1) is 6.68. The van der Waals surface area contributed by atoms with Crippen molar-refractivity contribution >= 4 is 0 Å². The van der Waals surface area contributed by atoms with Crippen LogP contribution in [0.25, 0.3) is 0 Å². The Kier molecular flexibility index (Phi) is 2.48. The fraction of sp³-hybridized carbons (Fsp3) is 0.600. The number of nitrogens with zero attached hydrogens (tertiary/aromatic N) is 2. The molecule has 1 aliphatic heterocycles. The number of nitrogens with two attached hydrogens (primary N) is 1. The topological polar surface area (TPSA) is 61.0 Å². The summed E-state index contributed by atoms with van der Waals surface area (Å²) in [5, 5.41) is 0. The molecule has 0 saturated carbocycles. The molecule has 4 nitrogen and oxygen atoms in total. The molecular weight excluding hydrogens is 178 g/mol. The Morgan fingerprint density at radius 3 is 2.93 bits per heavy atom. The highest BCUT2D eigenvalue weighted by Gasteiger charge is 2.18. The standard InChI is InChI=1S/C10H15N3O/c1-6(11)10-8-5-14-4-3-9(8)12-7(2)13-10/h6H,3-5,11H2,1-2H3/t6-/m0/s1. The van der Waals surface area contributed by atoms with Crippen molar-refractivity contribution < 1.29 is 4.74 Å². The monoisotopic (exact) mass is 193 g/mol. The third-order valence-corrected chi connectivity index (χ3v) is 2.40. The van der Waals surface area contributed by atoms with Crippen molar-refractivity contribution in [1.82, 2.24) is 9.97 Å². The Morgan fingerprint density at radius 2 is 2.21 bits per heavy atom. The Hall–Kier alpha value is -1.00. The predicted octanol–water partition coefficient (Wildman–Crippen LogP) is 0.877. The Morgan fingerprint density at radius 1 is 1.43 bits per heavy atom. The number of ether oxygens (including phenoxy) is 1. The highest BCUT2D eigenvalue weighted by atomic mass is 16.5. The molecule has 0 bridgehead atoms. The summed E-state index contributed by atoms with van der Waals surface area (Å²) < 4.78 is 5.39. The number of aryl methyl sites for hydroxylation is 1. The summed E-state index contributed by atoms with van der Waals surface area (Å²) in [6.07, 6.45) is 0.873. The Labute approximate surface area is 83.5 Å². The lowest BCUT2D eigenvalue weighted by Gasteiger charge is -2.20. The first-order valence-electron chi connectivity index (χ1n) is 4.88. The number of rotatable bonds is 1. The number of hydrogen-bond acceptors (Lipinski definition) is 4. The maximum atomic E-state index is 5.86. The highest BCUT2D eigenvalue weighted by Crippen LogP contribution is 2.21. The molecule has 0 unspecified atom stereocenters. The summed E-state index contributed by atoms with van der Waals surface area (Å²) in [5.41, 5.74) is 9.00. The van der Waals surface area contributed by atoms with E-state index in [4.69, 9.17) is 10.5 Å². The fourth-order valence-electron chi connectivity index (χ4n) is 1.76. The molecule has 1 aromatic heterocycles. The van der Waals surface area contributed by atoms with Gasteiger partial charge in [-0.05, 0) is 13.8 Å². The lowest BCUT2D eigenvalue weighted by molar-refractivity contribution is 0.107. The summed E-state index contributed by atoms with van der Waals surface area (Å²) in [5.74, 6) is 0.804. The molecule has 1 atom stereocenters. The van der Waals surface area contributed by atoms with E-state index in [1.165, 1.54) is 0 Å². The second-order valence-corrected chi connectivity index (χ2v) is 3.67. The van der Waals surface area contributed by atoms with Crippen LogP contribution in [0, 0.1) is 6.92 Å². The van der Waals surface area contributed by atoms with Gasteiger partial charge in [-0.25, -0.2) is 9.97 Å². The molecule has 14 heavy (non-hydrogen) atoms. The van der Waals surface area contributed by atoms with Gasteiger partial charge in [0.1, 0.15) is 5.82 Å². The second-order valence-electron chi connectivity index (χ2n) is 3.67. The van der Waals surface area contributed by atoms with E-state index in [-0.39, 0.29) is 6.04 Å². The summed E-state index contributed by atoms with van der Waals surface area (Å²) in [6, 6.07) is -0.0489. The van der Waals surface area contributed by atoms with Gasteiger partial charge in [0.25, 0.3) is 0 Å². The van der Waals surface area contributed by atoms with E-state index in [0.29, 0.717) is 6.61 Å². The van der Waals surface area contributed by atoms with Crippen molar-refractivity contribution in [2.24, 2.45) is 5.73 Å². The van der Waals surface area contributed by atoms with Crippen molar-refractivity contribution in [2.45, 2.75) is 32.9 Å². The van der Waals surface area contributed by atoms with Gasteiger partial charge in [-0.15, -0.1) is 0 Å². The predicted molar refractivity (Wildman–Crippen MR) is 52.7 cm³/mol. The molecule has 2 heterocycles. The zero-order valence-corrected chi connectivity index (χ0v) is 8.58. The minimum Gasteiger partial charge on any atom is -0.376 e. The molecule has 0 fully saturated rings. The van der Waals surface area contributed by atoms with Crippen LogP contribution in [-0.2, 0) is 17.8 Å². The zero-order valence-electron chi connectivity index (χ0n) is 8.58. The van der Waals surface area contributed by atoms with E-state index in [2.05, 4.69) is 9.97 Å². The van der Waals surface area contributed by atoms with Crippen molar-refractivity contribution in [3.63, 3.8) is 0 Å². The summed E-state index contributed by atoms with van der Waals surface area (Å²) in [4.78, 5) is 8.78. The van der Waals surface area contributed by atoms with Gasteiger partial charge in [0, 0.05) is 18.0 Å². The van der Waals surface area contributed by atoms with Crippen molar-refractivity contribution in [2.75, 3.05) is 6.61 Å². The Balaban J connectivity index is 2.52. The molecule has 0 amide bonds. The van der Waals surface area contributed by atoms with E-state index >= 15 is 0 Å². The number of hydrogen-bond donors (Lipinski definition) is 1. The smallest absolute Gasteiger partial charge is 0.125 e. The van der Waals surface area contributed by atoms with Crippen LogP contribution in [0.5, 0.6) is 0 Å². The molecule has 0 spiro atoms. The third kappa shape index (κ3) is 1.63. The van der Waals surface area contributed by atoms with Crippen LogP contribution in [0.2, 0.25) is 0 Å². The molecule has 2 N–H and O–H groups in total. The highest BCUT2D eigenvalue weighted by molar-refractivity contribution is 5.28. The molecule has 76 valence electrons. The maximum Gasteiger partial charge on any atom is 0.125 e. The fourth-order valence-corrected chi connectivity index (χ4v) is 1.76. The van der Waals surface area contributed by atoms with Crippen molar-refractivity contribution in [3.05, 3.63) is 22.8 Å². The van der Waals surface area contributed by atoms with Crippen LogP contribution in [0.1, 0.15) is 35.7 Å². The van der Waals surface area contributed by atoms with Crippen LogP contribution in [0.3, 0.4) is 0 Å². The van der Waals surface area contributed by atoms with Gasteiger partial charge in [0.15, 0.2) is 0 Å². The number of aromatic nitrogens is 2. The van der Waals surface area contributed by atoms with Gasteiger partial charge >= 0.3 is 0 Å². The molecule has 0 aliphatic carbocycles. The van der Waals surface area contributed by atoms with Gasteiger partial charge in [-0.1, -0.05) is 0 Å². The van der Waals surface area contributed by atoms with E-state index in [1.54, 1.807) is 0 Å². The molecule has 0 aromatic carbocycles. The maximum absolute atomic E-state index is 5.86. The summed E-state index contributed by atoms with van der Waals surface area (Å²) in [6.45, 7) is 5.20. The molecule has 4 heteroatoms. The Bertz CT molecular complexity index is 349. The third-order valence-electron chi connectivity index (χ3n) is 2.40. The van der Waals surface area contributed by atoms with Gasteiger partial charge in [0.2, 0.25) is 0 Å². The van der Waals surface area contributed by atoms with Crippen LogP contribution >= 0.6 is 0 Å². The quantitative estimate of drug-likeness (QED) is 0.719. The van der Waals surface area contributed by atoms with Gasteiger partial charge in [0.05, 0.1) is 24.6 Å². The zero-order chi connectivity index (χ0) is 10.1. The number of fused-ring (bicyclic) bond motifs is 1. The van der Waals surface area contributed by atoms with E-state index in [1.807, 2.05) is 13.8 Å². The SMILES string of the molecule is Cc1nc2c(c([C@H](C)N)n1)COCC2. The normalized spacial score (nSPS) is 17.6. The minimum atomic E-state index is -0.0489. The first kappa shape index (κ1) is 9.55. The van der Waals surface area contributed by atoms with Crippen LogP contribution < -0.4 is 5.73 Å². The molecule has 1 aromatic rings. The van der Waals surface area contributed by atoms with Gasteiger partial charge < -0.3 is 10.5 Å². The van der Waals surface area contributed by atoms with Crippen LogP contribution in [0.15, 0.2) is 0 Å². The molecule has 0 radical (unpaired) electrons. The first-order valence-corrected chi connectivity index (χ1v) is 4.88. The van der Waals surface area contributed by atoms with Crippen molar-refractivity contribution in [1.29, 1.82) is 0 Å². The van der Waals surface area contributed by atoms with E-state index in [9.17, 15) is 0 Å². The lowest BCUT2D eigenvalue weighted by Crippen LogP contribution is -2.20. The van der Waals surface area contributed by atoms with Crippen LogP contribution in [0.4, 0.5) is 0 Å². The largest absolute Gasteiger partial charge is 0.376 e. The van der Waals surface area contributed by atoms with E-state index < -0.39 is 0 Å². The van der Waals surface area contributed by atoms with Crippen LogP contribution in [-0.4, -0.2) is 16.6 Å². The minimum absolute atomic E-state index is 0.0489. The lowest BCUT2D eigenvalue weighted by atomic mass is 10.0.